The van der Waals surface area contributed by atoms with Crippen LogP contribution in [-0.2, 0) is 14.4 Å². The Morgan fingerprint density at radius 3 is 2.54 bits per heavy atom. The molecule has 2 amide bonds. The van der Waals surface area contributed by atoms with E-state index in [4.69, 9.17) is 21.2 Å². The quantitative estimate of drug-likeness (QED) is 0.414. The molecule has 180 valence electrons. The van der Waals surface area contributed by atoms with Crippen LogP contribution >= 0.6 is 27.5 Å². The number of imide groups is 1. The molecule has 3 aromatic rings. The summed E-state index contributed by atoms with van der Waals surface area (Å²) in [4.78, 5) is 34.7. The molecule has 5 rings (SSSR count). The fourth-order valence-corrected chi connectivity index (χ4v) is 5.29. The number of ether oxygens (including phenoxy) is 1. The van der Waals surface area contributed by atoms with Gasteiger partial charge in [0.15, 0.2) is 17.6 Å². The van der Waals surface area contributed by atoms with Crippen LogP contribution in [0.2, 0.25) is 5.02 Å². The molecule has 2 fully saturated rings. The van der Waals surface area contributed by atoms with E-state index in [-0.39, 0.29) is 17.4 Å². The third-order valence-electron chi connectivity index (χ3n) is 6.30. The molecule has 2 heterocycles. The molecule has 2 aliphatic rings. The number of phenols is 1. The summed E-state index contributed by atoms with van der Waals surface area (Å²) in [5.41, 5.74) is 2.43. The number of aromatic hydroxyl groups is 1. The Morgan fingerprint density at radius 2 is 1.83 bits per heavy atom. The number of carbonyl (C=O) groups excluding carboxylic acids is 2. The lowest BCUT2D eigenvalue weighted by atomic mass is 9.90. The van der Waals surface area contributed by atoms with Gasteiger partial charge in [-0.2, -0.15) is 0 Å². The molecule has 9 heteroatoms. The molecule has 2 aliphatic heterocycles. The van der Waals surface area contributed by atoms with Crippen molar-refractivity contribution in [1.29, 1.82) is 0 Å². The number of fused-ring (bicyclic) bond motifs is 1. The average Bonchev–Trinajstić information content (AvgIpc) is 3.35. The molecule has 0 unspecified atom stereocenters. The molecule has 0 aliphatic carbocycles. The first-order valence-corrected chi connectivity index (χ1v) is 12.3. The Morgan fingerprint density at radius 1 is 1.09 bits per heavy atom. The fraction of sp³-hybridized carbons (Fsp3) is 0.231. The molecule has 2 saturated heterocycles. The molecule has 3 atom stereocenters. The Kier molecular flexibility index (Phi) is 6.21. The largest absolute Gasteiger partial charge is 0.503 e. The Bertz CT molecular complexity index is 1320. The minimum Gasteiger partial charge on any atom is -0.503 e. The summed E-state index contributed by atoms with van der Waals surface area (Å²) in [6.07, 6.45) is -1.02. The van der Waals surface area contributed by atoms with Crippen molar-refractivity contribution in [2.45, 2.75) is 26.0 Å². The van der Waals surface area contributed by atoms with Crippen LogP contribution in [0.4, 0.5) is 11.4 Å². The van der Waals surface area contributed by atoms with Gasteiger partial charge in [-0.05, 0) is 77.3 Å². The normalized spacial score (nSPS) is 21.5. The second-order valence-corrected chi connectivity index (χ2v) is 9.60. The van der Waals surface area contributed by atoms with E-state index in [0.29, 0.717) is 38.6 Å². The van der Waals surface area contributed by atoms with Crippen molar-refractivity contribution >= 4 is 50.7 Å². The number of phenolic OH excluding ortho intramolecular Hbond substituents is 1. The van der Waals surface area contributed by atoms with Crippen molar-refractivity contribution in [2.24, 2.45) is 5.92 Å². The maximum atomic E-state index is 13.8. The second-order valence-electron chi connectivity index (χ2n) is 8.34. The molecule has 0 aromatic heterocycles. The number of anilines is 2. The molecule has 0 bridgehead atoms. The van der Waals surface area contributed by atoms with Crippen LogP contribution in [0.15, 0.2) is 65.1 Å². The zero-order valence-corrected chi connectivity index (χ0v) is 21.3. The van der Waals surface area contributed by atoms with E-state index in [2.05, 4.69) is 15.9 Å². The van der Waals surface area contributed by atoms with Crippen LogP contribution in [0.25, 0.3) is 0 Å². The summed E-state index contributed by atoms with van der Waals surface area (Å²) in [5, 5.41) is 12.5. The number of hydrogen-bond acceptors (Lipinski definition) is 6. The van der Waals surface area contributed by atoms with Crippen molar-refractivity contribution < 1.29 is 24.3 Å². The first kappa shape index (κ1) is 23.7. The molecule has 35 heavy (non-hydrogen) atoms. The van der Waals surface area contributed by atoms with Crippen molar-refractivity contribution in [3.05, 3.63) is 81.3 Å². The smallest absolute Gasteiger partial charge is 0.266 e. The topological polar surface area (TPSA) is 79.3 Å². The van der Waals surface area contributed by atoms with Gasteiger partial charge in [0.1, 0.15) is 5.92 Å². The summed E-state index contributed by atoms with van der Waals surface area (Å²) in [6, 6.07) is 17.1. The third-order valence-corrected chi connectivity index (χ3v) is 7.31. The molecule has 0 radical (unpaired) electrons. The van der Waals surface area contributed by atoms with E-state index < -0.39 is 24.0 Å². The van der Waals surface area contributed by atoms with Crippen LogP contribution in [0.1, 0.15) is 24.1 Å². The van der Waals surface area contributed by atoms with Crippen LogP contribution in [0, 0.1) is 12.8 Å². The monoisotopic (exact) mass is 556 g/mol. The highest BCUT2D eigenvalue weighted by molar-refractivity contribution is 9.10. The van der Waals surface area contributed by atoms with Gasteiger partial charge in [-0.1, -0.05) is 35.9 Å². The van der Waals surface area contributed by atoms with Gasteiger partial charge in [-0.25, -0.2) is 9.96 Å². The fourth-order valence-electron chi connectivity index (χ4n) is 4.66. The van der Waals surface area contributed by atoms with E-state index in [1.807, 2.05) is 37.3 Å². The SMILES string of the molecule is CCOc1cc([C@H]2[C@H]3C(=O)N(c4cccc(Cl)c4C)C(=O)[C@H]3ON2c2ccccc2)cc(Br)c1O. The number of carbonyl (C=O) groups is 2. The lowest BCUT2D eigenvalue weighted by Crippen LogP contribution is -2.37. The highest BCUT2D eigenvalue weighted by atomic mass is 79.9. The summed E-state index contributed by atoms with van der Waals surface area (Å²) in [6.45, 7) is 3.93. The molecule has 7 nitrogen and oxygen atoms in total. The number of para-hydroxylation sites is 1. The summed E-state index contributed by atoms with van der Waals surface area (Å²) in [5.74, 6) is -1.42. The summed E-state index contributed by atoms with van der Waals surface area (Å²) >= 11 is 9.67. The van der Waals surface area contributed by atoms with Crippen molar-refractivity contribution in [2.75, 3.05) is 16.6 Å². The van der Waals surface area contributed by atoms with Gasteiger partial charge in [-0.15, -0.1) is 0 Å². The average molecular weight is 558 g/mol. The van der Waals surface area contributed by atoms with Crippen molar-refractivity contribution in [3.63, 3.8) is 0 Å². The molecule has 0 spiro atoms. The molecule has 3 aromatic carbocycles. The number of nitrogens with zero attached hydrogens (tertiary/aromatic N) is 2. The van der Waals surface area contributed by atoms with E-state index in [9.17, 15) is 14.7 Å². The lowest BCUT2D eigenvalue weighted by molar-refractivity contribution is -0.126. The number of benzene rings is 3. The van der Waals surface area contributed by atoms with Crippen LogP contribution < -0.4 is 14.7 Å². The van der Waals surface area contributed by atoms with Gasteiger partial charge >= 0.3 is 0 Å². The molecular weight excluding hydrogens is 536 g/mol. The Balaban J connectivity index is 1.64. The highest BCUT2D eigenvalue weighted by Gasteiger charge is 2.60. The number of hydrogen-bond donors (Lipinski definition) is 1. The Hall–Kier alpha value is -3.07. The lowest BCUT2D eigenvalue weighted by Gasteiger charge is -2.29. The van der Waals surface area contributed by atoms with Gasteiger partial charge in [0, 0.05) is 5.02 Å². The summed E-state index contributed by atoms with van der Waals surface area (Å²) in [7, 11) is 0. The molecule has 0 saturated carbocycles. The molecular formula is C26H22BrClN2O5. The minimum absolute atomic E-state index is 0.0395. The van der Waals surface area contributed by atoms with Crippen LogP contribution in [0.5, 0.6) is 11.5 Å². The van der Waals surface area contributed by atoms with Gasteiger partial charge in [0.05, 0.1) is 28.5 Å². The van der Waals surface area contributed by atoms with Crippen molar-refractivity contribution in [1.82, 2.24) is 0 Å². The van der Waals surface area contributed by atoms with E-state index in [1.54, 1.807) is 42.3 Å². The Labute approximate surface area is 215 Å². The predicted molar refractivity (Wildman–Crippen MR) is 136 cm³/mol. The predicted octanol–water partition coefficient (Wildman–Crippen LogP) is 5.57. The van der Waals surface area contributed by atoms with E-state index >= 15 is 0 Å². The van der Waals surface area contributed by atoms with E-state index in [0.717, 1.165) is 0 Å². The van der Waals surface area contributed by atoms with Gasteiger partial charge < -0.3 is 9.84 Å². The number of hydroxylamine groups is 1. The summed E-state index contributed by atoms with van der Waals surface area (Å²) < 4.78 is 6.03. The minimum atomic E-state index is -1.02. The van der Waals surface area contributed by atoms with Crippen molar-refractivity contribution in [3.8, 4) is 11.5 Å². The van der Waals surface area contributed by atoms with Gasteiger partial charge in [0.2, 0.25) is 5.91 Å². The van der Waals surface area contributed by atoms with Crippen LogP contribution in [0.3, 0.4) is 0 Å². The standard InChI is InChI=1S/C26H22BrClN2O5/c1-3-34-20-13-15(12-17(27)23(20)31)22-21-24(35-30(22)16-8-5-4-6-9-16)26(33)29(25(21)32)19-11-7-10-18(28)14(19)2/h4-13,21-22,24,31H,3H2,1-2H3/t21-,22+,24+/m1/s1. The number of amides is 2. The third kappa shape index (κ3) is 3.86. The second kappa shape index (κ2) is 9.18. The van der Waals surface area contributed by atoms with Gasteiger partial charge in [-0.3, -0.25) is 14.4 Å². The van der Waals surface area contributed by atoms with Crippen LogP contribution in [-0.4, -0.2) is 29.6 Å². The van der Waals surface area contributed by atoms with Gasteiger partial charge in [0.25, 0.3) is 5.91 Å². The molecule has 1 N–H and O–H groups in total. The number of rotatable bonds is 5. The number of halogens is 2. The van der Waals surface area contributed by atoms with E-state index in [1.165, 1.54) is 4.90 Å². The highest BCUT2D eigenvalue weighted by Crippen LogP contribution is 2.50. The maximum Gasteiger partial charge on any atom is 0.266 e. The first-order valence-electron chi connectivity index (χ1n) is 11.1. The zero-order valence-electron chi connectivity index (χ0n) is 18.9. The maximum absolute atomic E-state index is 13.8. The zero-order chi connectivity index (χ0) is 24.9. The first-order chi connectivity index (χ1) is 16.8.